The molecule has 6 atom stereocenters. The standard InChI is InChI=1S/C26H25ClF2N2O4.2C25H23ClF2N2O4/c1-15-6-7-17(23(33)11-16-4-2-3-5-22(16)32)10-21(15)31-14-30-25(24(27)26(31)34)35-13-18-8-9-19(28)12-20(18)29;2*1-14-5-6-16(22(32)10-15-3-2-4-21(15)31)9-20(14)30-13-29-24(23(26)25(30)33)34-12-17-7-8-18(27)11-19(17)28/h6-10,12,14,16,22,32H,2-5,11,13H2,1H3;2*5-9,11,13,15,21,31H,2-4,10,12H2,1H3/t16-,22+;15-,21+;15-,21-/m111/s1. The average Bonchev–Trinajstić information content (AvgIpc) is 1.58. The molecule has 0 spiro atoms. The van der Waals surface area contributed by atoms with Gasteiger partial charge in [0.05, 0.1) is 35.4 Å². The van der Waals surface area contributed by atoms with Crippen LogP contribution in [0, 0.1) is 73.4 Å². The van der Waals surface area contributed by atoms with E-state index in [0.29, 0.717) is 53.0 Å². The van der Waals surface area contributed by atoms with Crippen LogP contribution in [-0.2, 0) is 19.8 Å². The van der Waals surface area contributed by atoms with Gasteiger partial charge in [-0.05, 0) is 148 Å². The van der Waals surface area contributed by atoms with E-state index < -0.39 is 69.9 Å². The van der Waals surface area contributed by atoms with Crippen molar-refractivity contribution in [2.75, 3.05) is 0 Å². The van der Waals surface area contributed by atoms with Crippen LogP contribution >= 0.6 is 34.8 Å². The highest BCUT2D eigenvalue weighted by Crippen LogP contribution is 2.34. The molecule has 103 heavy (non-hydrogen) atoms. The zero-order valence-corrected chi connectivity index (χ0v) is 58.3. The first kappa shape index (κ1) is 76.3. The molecule has 0 unspecified atom stereocenters. The Morgan fingerprint density at radius 1 is 0.408 bits per heavy atom. The summed E-state index contributed by atoms with van der Waals surface area (Å²) >= 11 is 18.6. The summed E-state index contributed by atoms with van der Waals surface area (Å²) in [7, 11) is 0. The predicted octanol–water partition coefficient (Wildman–Crippen LogP) is 14.7. The number of halogens is 9. The molecule has 540 valence electrons. The highest BCUT2D eigenvalue weighted by molar-refractivity contribution is 6.32. The Bertz CT molecular complexity index is 4650. The lowest BCUT2D eigenvalue weighted by molar-refractivity contribution is 0.0583. The molecule has 3 saturated carbocycles. The highest BCUT2D eigenvalue weighted by Gasteiger charge is 2.31. The Kier molecular flexibility index (Phi) is 25.4. The van der Waals surface area contributed by atoms with Crippen LogP contribution in [-0.4, -0.2) is 79.6 Å². The van der Waals surface area contributed by atoms with Gasteiger partial charge in [0.1, 0.15) is 73.7 Å². The number of rotatable bonds is 21. The third-order valence-corrected chi connectivity index (χ3v) is 19.6. The van der Waals surface area contributed by atoms with E-state index in [2.05, 4.69) is 15.0 Å². The highest BCUT2D eigenvalue weighted by atomic mass is 35.5. The van der Waals surface area contributed by atoms with Crippen molar-refractivity contribution in [1.29, 1.82) is 0 Å². The van der Waals surface area contributed by atoms with E-state index in [9.17, 15) is 70.4 Å². The number of benzene rings is 6. The van der Waals surface area contributed by atoms with Crippen LogP contribution in [0.1, 0.15) is 148 Å². The zero-order valence-electron chi connectivity index (χ0n) is 56.0. The lowest BCUT2D eigenvalue weighted by Crippen LogP contribution is -2.27. The summed E-state index contributed by atoms with van der Waals surface area (Å²) in [5.74, 6) is -5.56. The summed E-state index contributed by atoms with van der Waals surface area (Å²) in [4.78, 5) is 89.6. The predicted molar refractivity (Wildman–Crippen MR) is 372 cm³/mol. The number of ketones is 3. The molecule has 6 aromatic carbocycles. The lowest BCUT2D eigenvalue weighted by Gasteiger charge is -2.27. The number of nitrogens with zero attached hydrogens (tertiary/aromatic N) is 6. The van der Waals surface area contributed by atoms with Crippen molar-refractivity contribution in [2.45, 2.75) is 142 Å². The molecule has 0 bridgehead atoms. The number of carbonyl (C=O) groups is 3. The molecule has 9 aromatic rings. The Labute approximate surface area is 602 Å². The molecule has 0 radical (unpaired) electrons. The minimum absolute atomic E-state index is 0.0570. The first-order chi connectivity index (χ1) is 49.2. The van der Waals surface area contributed by atoms with E-state index in [0.717, 1.165) is 98.0 Å². The molecule has 3 N–H and O–H groups in total. The maximum absolute atomic E-state index is 13.9. The van der Waals surface area contributed by atoms with Crippen molar-refractivity contribution in [3.63, 3.8) is 0 Å². The summed E-state index contributed by atoms with van der Waals surface area (Å²) in [6, 6.07) is 24.3. The van der Waals surface area contributed by atoms with Crippen molar-refractivity contribution in [3.05, 3.63) is 259 Å². The van der Waals surface area contributed by atoms with Crippen LogP contribution in [0.4, 0.5) is 26.3 Å². The van der Waals surface area contributed by atoms with Crippen molar-refractivity contribution < 1.29 is 70.3 Å². The fourth-order valence-corrected chi connectivity index (χ4v) is 13.1. The van der Waals surface area contributed by atoms with Crippen molar-refractivity contribution >= 4 is 52.2 Å². The molecule has 0 saturated heterocycles. The first-order valence-corrected chi connectivity index (χ1v) is 34.3. The number of Topliss-reactive ketones (excluding diaryl/α,β-unsaturated/α-hetero) is 3. The fraction of sp³-hybridized carbons (Fsp3) is 0.329. The summed E-state index contributed by atoms with van der Waals surface area (Å²) in [6.07, 6.45) is 11.3. The lowest BCUT2D eigenvalue weighted by atomic mass is 9.82. The van der Waals surface area contributed by atoms with Gasteiger partial charge < -0.3 is 29.5 Å². The van der Waals surface area contributed by atoms with Crippen LogP contribution < -0.4 is 30.9 Å². The second-order valence-electron chi connectivity index (χ2n) is 25.7. The summed E-state index contributed by atoms with van der Waals surface area (Å²) < 4.78 is 101. The average molecular weight is 1480 g/mol. The monoisotopic (exact) mass is 1480 g/mol. The smallest absolute Gasteiger partial charge is 0.280 e. The normalized spacial score (nSPS) is 17.7. The number of aromatic nitrogens is 6. The molecule has 3 aliphatic rings. The maximum atomic E-state index is 13.9. The third kappa shape index (κ3) is 18.7. The van der Waals surface area contributed by atoms with Gasteiger partial charge >= 0.3 is 0 Å². The Hall–Kier alpha value is -9.30. The molecule has 12 rings (SSSR count). The fourth-order valence-electron chi connectivity index (χ4n) is 12.6. The van der Waals surface area contributed by atoms with Gasteiger partial charge in [0.2, 0.25) is 17.6 Å². The molecule has 3 heterocycles. The van der Waals surface area contributed by atoms with E-state index in [4.69, 9.17) is 49.0 Å². The number of hydrogen-bond donors (Lipinski definition) is 3. The minimum atomic E-state index is -0.785. The number of ether oxygens (including phenoxy) is 3. The van der Waals surface area contributed by atoms with Gasteiger partial charge in [-0.1, -0.05) is 96.9 Å². The second-order valence-corrected chi connectivity index (χ2v) is 26.8. The topological polar surface area (TPSA) is 244 Å². The Morgan fingerprint density at radius 3 is 0.942 bits per heavy atom. The summed E-state index contributed by atoms with van der Waals surface area (Å²) in [5.41, 5.74) is 3.15. The van der Waals surface area contributed by atoms with Crippen LogP contribution in [0.3, 0.4) is 0 Å². The second kappa shape index (κ2) is 34.3. The largest absolute Gasteiger partial charge is 0.471 e. The molecule has 18 nitrogen and oxygen atoms in total. The van der Waals surface area contributed by atoms with Crippen molar-refractivity contribution in [2.24, 2.45) is 17.8 Å². The Balaban J connectivity index is 0.000000166. The summed E-state index contributed by atoms with van der Waals surface area (Å²) in [5, 5.41) is 29.3. The first-order valence-electron chi connectivity index (χ1n) is 33.2. The van der Waals surface area contributed by atoms with E-state index >= 15 is 0 Å². The van der Waals surface area contributed by atoms with Gasteiger partial charge in [0, 0.05) is 70.8 Å². The molecule has 3 aliphatic carbocycles. The molecular formula is C76H71Cl3F6N6O12. The zero-order chi connectivity index (χ0) is 73.9. The quantitative estimate of drug-likeness (QED) is 0.0447. The molecular weight excluding hydrogens is 1410 g/mol. The molecule has 0 aliphatic heterocycles. The number of aliphatic hydroxyl groups excluding tert-OH is 3. The van der Waals surface area contributed by atoms with Gasteiger partial charge in [0.25, 0.3) is 16.7 Å². The number of carbonyl (C=O) groups excluding carboxylic acids is 3. The number of aryl methyl sites for hydroxylation is 3. The Morgan fingerprint density at radius 2 is 0.680 bits per heavy atom. The number of aliphatic hydroxyl groups is 3. The SMILES string of the molecule is Cc1ccc(C(=O)C[C@H]2CCCC[C@@H]2O)cc1-n1cnc(OCc2ccc(F)cc2F)c(Cl)c1=O.Cc1ccc(C(=O)C[C@H]2CCC[C@@H]2O)cc1-n1cnc(OCc2ccc(F)cc2F)c(Cl)c1=O.Cc1ccc(C(=O)C[C@H]2CCC[C@H]2O)cc1-n1cnc(OCc2ccc(F)cc2F)c(Cl)c1=O. The van der Waals surface area contributed by atoms with E-state index in [1.165, 1.54) is 50.9 Å². The molecule has 27 heteroatoms. The molecule has 3 aromatic heterocycles. The van der Waals surface area contributed by atoms with Crippen LogP contribution in [0.25, 0.3) is 17.1 Å². The minimum Gasteiger partial charge on any atom is -0.471 e. The van der Waals surface area contributed by atoms with Gasteiger partial charge in [-0.15, -0.1) is 0 Å². The van der Waals surface area contributed by atoms with Crippen LogP contribution in [0.15, 0.2) is 143 Å². The van der Waals surface area contributed by atoms with E-state index in [1.807, 2.05) is 0 Å². The summed E-state index contributed by atoms with van der Waals surface area (Å²) in [6.45, 7) is 4.48. The van der Waals surface area contributed by atoms with Crippen molar-refractivity contribution in [1.82, 2.24) is 28.7 Å². The third-order valence-electron chi connectivity index (χ3n) is 18.6. The molecule has 3 fully saturated rings. The van der Waals surface area contributed by atoms with Crippen LogP contribution in [0.5, 0.6) is 17.6 Å². The molecule has 0 amide bonds. The van der Waals surface area contributed by atoms with Gasteiger partial charge in [-0.2, -0.15) is 0 Å². The van der Waals surface area contributed by atoms with E-state index in [1.54, 1.807) is 75.4 Å². The van der Waals surface area contributed by atoms with Gasteiger partial charge in [0.15, 0.2) is 32.4 Å². The van der Waals surface area contributed by atoms with Gasteiger partial charge in [-0.3, -0.25) is 42.5 Å². The van der Waals surface area contributed by atoms with Crippen LogP contribution in [0.2, 0.25) is 15.1 Å². The van der Waals surface area contributed by atoms with Crippen molar-refractivity contribution in [3.8, 4) is 34.7 Å². The number of hydrogen-bond acceptors (Lipinski definition) is 15. The maximum Gasteiger partial charge on any atom is 0.280 e. The van der Waals surface area contributed by atoms with E-state index in [-0.39, 0.29) is 124 Å². The van der Waals surface area contributed by atoms with Gasteiger partial charge in [-0.25, -0.2) is 41.3 Å².